The molecule has 114 valence electrons. The van der Waals surface area contributed by atoms with Crippen LogP contribution in [0.4, 0.5) is 0 Å². The molecule has 2 heterocycles. The van der Waals surface area contributed by atoms with Crippen molar-refractivity contribution in [3.8, 4) is 17.3 Å². The molecule has 0 aliphatic heterocycles. The molecule has 4 rings (SSSR count). The van der Waals surface area contributed by atoms with Gasteiger partial charge in [-0.1, -0.05) is 17.7 Å². The molecule has 0 aliphatic carbocycles. The van der Waals surface area contributed by atoms with E-state index in [9.17, 15) is 5.11 Å². The number of pyridine rings is 1. The summed E-state index contributed by atoms with van der Waals surface area (Å²) in [4.78, 5) is 4.32. The highest BCUT2D eigenvalue weighted by molar-refractivity contribution is 6.29. The monoisotopic (exact) mass is 324 g/mol. The van der Waals surface area contributed by atoms with Crippen molar-refractivity contribution in [1.82, 2.24) is 9.55 Å². The molecule has 4 aromatic rings. The number of aromatic hydroxyl groups is 1. The Morgan fingerprint density at radius 1 is 1.04 bits per heavy atom. The van der Waals surface area contributed by atoms with Gasteiger partial charge in [-0.2, -0.15) is 0 Å². The molecule has 2 aromatic carbocycles. The smallest absolute Gasteiger partial charge is 0.203 e. The minimum absolute atomic E-state index is 0.167. The molecule has 0 atom stereocenters. The van der Waals surface area contributed by atoms with Crippen molar-refractivity contribution < 1.29 is 9.84 Å². The van der Waals surface area contributed by atoms with Gasteiger partial charge >= 0.3 is 0 Å². The summed E-state index contributed by atoms with van der Waals surface area (Å²) in [6.07, 6.45) is 1.88. The Morgan fingerprint density at radius 2 is 1.83 bits per heavy atom. The van der Waals surface area contributed by atoms with Crippen molar-refractivity contribution in [3.05, 3.63) is 59.9 Å². The number of hydrogen-bond donors (Lipinski definition) is 1. The lowest BCUT2D eigenvalue weighted by Gasteiger charge is -2.06. The maximum absolute atomic E-state index is 10.6. The fraction of sp³-hybridized carbons (Fsp3) is 0.0556. The second-order valence-corrected chi connectivity index (χ2v) is 5.67. The number of rotatable bonds is 2. The number of hydrogen-bond acceptors (Lipinski definition) is 3. The molecule has 23 heavy (non-hydrogen) atoms. The van der Waals surface area contributed by atoms with Gasteiger partial charge in [-0.15, -0.1) is 0 Å². The summed E-state index contributed by atoms with van der Waals surface area (Å²) < 4.78 is 6.95. The minimum atomic E-state index is 0.167. The molecule has 2 aromatic heterocycles. The fourth-order valence-electron chi connectivity index (χ4n) is 2.73. The van der Waals surface area contributed by atoms with E-state index < -0.39 is 0 Å². The zero-order chi connectivity index (χ0) is 16.0. The summed E-state index contributed by atoms with van der Waals surface area (Å²) in [5.74, 6) is 0.873. The van der Waals surface area contributed by atoms with E-state index in [0.717, 1.165) is 27.4 Å². The van der Waals surface area contributed by atoms with Crippen molar-refractivity contribution in [2.45, 2.75) is 0 Å². The van der Waals surface area contributed by atoms with Gasteiger partial charge in [0.25, 0.3) is 0 Å². The van der Waals surface area contributed by atoms with Crippen LogP contribution >= 0.6 is 11.6 Å². The first-order valence-electron chi connectivity index (χ1n) is 7.10. The molecule has 4 nitrogen and oxygen atoms in total. The number of benzene rings is 2. The standard InChI is InChI=1S/C18H13ClN2O2/c1-23-14-6-3-12-10-21(18(22)15(12)9-14)13-5-2-11-4-7-17(19)20-16(11)8-13/h2-10,22H,1H3. The molecule has 0 bridgehead atoms. The zero-order valence-electron chi connectivity index (χ0n) is 12.3. The Balaban J connectivity index is 1.92. The summed E-state index contributed by atoms with van der Waals surface area (Å²) in [6, 6.07) is 15.1. The van der Waals surface area contributed by atoms with E-state index in [4.69, 9.17) is 16.3 Å². The van der Waals surface area contributed by atoms with Crippen LogP contribution in [0, 0.1) is 0 Å². The average Bonchev–Trinajstić information content (AvgIpc) is 2.90. The quantitative estimate of drug-likeness (QED) is 0.550. The highest BCUT2D eigenvalue weighted by atomic mass is 35.5. The molecule has 0 unspecified atom stereocenters. The van der Waals surface area contributed by atoms with Crippen LogP contribution in [0.5, 0.6) is 11.6 Å². The zero-order valence-corrected chi connectivity index (χ0v) is 13.1. The Morgan fingerprint density at radius 3 is 2.65 bits per heavy atom. The first-order valence-corrected chi connectivity index (χ1v) is 7.48. The lowest BCUT2D eigenvalue weighted by molar-refractivity contribution is 0.414. The van der Waals surface area contributed by atoms with Crippen molar-refractivity contribution >= 4 is 33.3 Å². The van der Waals surface area contributed by atoms with E-state index in [2.05, 4.69) is 4.98 Å². The van der Waals surface area contributed by atoms with Crippen LogP contribution in [0.15, 0.2) is 54.7 Å². The maximum Gasteiger partial charge on any atom is 0.203 e. The van der Waals surface area contributed by atoms with Crippen LogP contribution in [-0.2, 0) is 0 Å². The average molecular weight is 325 g/mol. The lowest BCUT2D eigenvalue weighted by atomic mass is 10.2. The fourth-order valence-corrected chi connectivity index (χ4v) is 2.88. The number of fused-ring (bicyclic) bond motifs is 2. The van der Waals surface area contributed by atoms with E-state index in [-0.39, 0.29) is 5.88 Å². The van der Waals surface area contributed by atoms with Gasteiger partial charge in [0.05, 0.1) is 18.3 Å². The van der Waals surface area contributed by atoms with Crippen molar-refractivity contribution in [1.29, 1.82) is 0 Å². The molecule has 0 fully saturated rings. The molecule has 5 heteroatoms. The number of nitrogens with zero attached hydrogens (tertiary/aromatic N) is 2. The van der Waals surface area contributed by atoms with Gasteiger partial charge in [0.15, 0.2) is 0 Å². The van der Waals surface area contributed by atoms with Gasteiger partial charge in [0.1, 0.15) is 10.9 Å². The predicted molar refractivity (Wildman–Crippen MR) is 91.8 cm³/mol. The minimum Gasteiger partial charge on any atom is -0.497 e. The molecular weight excluding hydrogens is 312 g/mol. The molecule has 0 saturated carbocycles. The SMILES string of the molecule is COc1ccc2cn(-c3ccc4ccc(Cl)nc4c3)c(O)c2c1. The largest absolute Gasteiger partial charge is 0.497 e. The molecule has 0 spiro atoms. The Labute approximate surface area is 137 Å². The third-order valence-electron chi connectivity index (χ3n) is 3.92. The molecular formula is C18H13ClN2O2. The van der Waals surface area contributed by atoms with Crippen molar-refractivity contribution in [2.75, 3.05) is 7.11 Å². The van der Waals surface area contributed by atoms with E-state index in [1.54, 1.807) is 17.7 Å². The molecule has 0 saturated heterocycles. The van der Waals surface area contributed by atoms with Crippen molar-refractivity contribution in [2.24, 2.45) is 0 Å². The van der Waals surface area contributed by atoms with Crippen LogP contribution in [0.25, 0.3) is 27.4 Å². The van der Waals surface area contributed by atoms with E-state index in [0.29, 0.717) is 10.9 Å². The summed E-state index contributed by atoms with van der Waals surface area (Å²) in [5.41, 5.74) is 1.60. The maximum atomic E-state index is 10.6. The topological polar surface area (TPSA) is 47.3 Å². The Bertz CT molecular complexity index is 1040. The third-order valence-corrected chi connectivity index (χ3v) is 4.13. The van der Waals surface area contributed by atoms with E-state index >= 15 is 0 Å². The molecule has 0 radical (unpaired) electrons. The molecule has 0 amide bonds. The van der Waals surface area contributed by atoms with Crippen molar-refractivity contribution in [3.63, 3.8) is 0 Å². The van der Waals surface area contributed by atoms with E-state index in [1.165, 1.54) is 0 Å². The molecule has 1 N–H and O–H groups in total. The normalized spacial score (nSPS) is 11.2. The summed E-state index contributed by atoms with van der Waals surface area (Å²) >= 11 is 5.96. The third kappa shape index (κ3) is 2.28. The summed E-state index contributed by atoms with van der Waals surface area (Å²) in [5, 5.41) is 13.7. The number of ether oxygens (including phenoxy) is 1. The van der Waals surface area contributed by atoms with Crippen LogP contribution in [0.2, 0.25) is 5.15 Å². The van der Waals surface area contributed by atoms with Gasteiger partial charge in [-0.3, -0.25) is 4.57 Å². The first kappa shape index (κ1) is 13.9. The Hall–Kier alpha value is -2.72. The number of aromatic nitrogens is 2. The Kier molecular flexibility index (Phi) is 3.13. The highest BCUT2D eigenvalue weighted by Crippen LogP contribution is 2.33. The number of methoxy groups -OCH3 is 1. The van der Waals surface area contributed by atoms with Gasteiger partial charge < -0.3 is 9.84 Å². The second kappa shape index (κ2) is 5.18. The lowest BCUT2D eigenvalue weighted by Crippen LogP contribution is -1.91. The van der Waals surface area contributed by atoms with Crippen LogP contribution < -0.4 is 4.74 Å². The van der Waals surface area contributed by atoms with Crippen LogP contribution in [0.3, 0.4) is 0 Å². The van der Waals surface area contributed by atoms with Gasteiger partial charge in [0.2, 0.25) is 5.88 Å². The summed E-state index contributed by atoms with van der Waals surface area (Å²) in [7, 11) is 1.61. The summed E-state index contributed by atoms with van der Waals surface area (Å²) in [6.45, 7) is 0. The highest BCUT2D eigenvalue weighted by Gasteiger charge is 2.11. The van der Waals surface area contributed by atoms with Crippen LogP contribution in [-0.4, -0.2) is 21.8 Å². The molecule has 0 aliphatic rings. The first-order chi connectivity index (χ1) is 11.2. The number of halogens is 1. The van der Waals surface area contributed by atoms with Gasteiger partial charge in [0, 0.05) is 22.4 Å². The second-order valence-electron chi connectivity index (χ2n) is 5.29. The van der Waals surface area contributed by atoms with E-state index in [1.807, 2.05) is 48.7 Å². The van der Waals surface area contributed by atoms with Gasteiger partial charge in [-0.25, -0.2) is 4.98 Å². The van der Waals surface area contributed by atoms with Gasteiger partial charge in [-0.05, 0) is 42.5 Å². The predicted octanol–water partition coefficient (Wildman–Crippen LogP) is 4.55. The van der Waals surface area contributed by atoms with Crippen LogP contribution in [0.1, 0.15) is 0 Å².